The molecule has 0 aromatic heterocycles. The number of methoxy groups -OCH3 is 1. The molecule has 7 nitrogen and oxygen atoms in total. The first kappa shape index (κ1) is 22.6. The molecule has 2 saturated carbocycles. The second-order valence-electron chi connectivity index (χ2n) is 8.79. The molecule has 4 atom stereocenters. The minimum atomic E-state index is -3.61. The van der Waals surface area contributed by atoms with E-state index in [1.54, 1.807) is 43.5 Å². The highest BCUT2D eigenvalue weighted by Gasteiger charge is 2.42. The van der Waals surface area contributed by atoms with E-state index in [0.717, 1.165) is 12.3 Å². The summed E-state index contributed by atoms with van der Waals surface area (Å²) >= 11 is 0. The Bertz CT molecular complexity index is 1040. The number of fused-ring (bicyclic) bond motifs is 2. The van der Waals surface area contributed by atoms with Crippen molar-refractivity contribution in [3.05, 3.63) is 48.5 Å². The third-order valence-corrected chi connectivity index (χ3v) is 8.23. The third kappa shape index (κ3) is 5.24. The number of carbonyl (C=O) groups excluding carboxylic acids is 1. The summed E-state index contributed by atoms with van der Waals surface area (Å²) in [5.41, 5.74) is 0.508. The van der Waals surface area contributed by atoms with E-state index >= 15 is 0 Å². The largest absolute Gasteiger partial charge is 0.497 e. The molecule has 4 rings (SSSR count). The van der Waals surface area contributed by atoms with Crippen molar-refractivity contribution in [1.29, 1.82) is 0 Å². The van der Waals surface area contributed by atoms with Gasteiger partial charge < -0.3 is 14.8 Å². The number of ether oxygens (including phenoxy) is 2. The van der Waals surface area contributed by atoms with Crippen LogP contribution in [0.25, 0.3) is 0 Å². The van der Waals surface area contributed by atoms with Crippen molar-refractivity contribution in [2.24, 2.45) is 17.8 Å². The molecule has 0 saturated heterocycles. The van der Waals surface area contributed by atoms with Crippen molar-refractivity contribution in [2.45, 2.75) is 43.5 Å². The predicted octanol–water partition coefficient (Wildman–Crippen LogP) is 3.82. The van der Waals surface area contributed by atoms with Gasteiger partial charge in [0, 0.05) is 11.7 Å². The molecule has 0 spiro atoms. The van der Waals surface area contributed by atoms with Crippen LogP contribution >= 0.6 is 0 Å². The highest BCUT2D eigenvalue weighted by Crippen LogP contribution is 2.49. The van der Waals surface area contributed by atoms with Gasteiger partial charge in [0.1, 0.15) is 11.5 Å². The molecule has 1 amide bonds. The zero-order valence-electron chi connectivity index (χ0n) is 18.4. The first-order chi connectivity index (χ1) is 15.3. The van der Waals surface area contributed by atoms with Crippen LogP contribution in [0.15, 0.2) is 53.4 Å². The standard InChI is InChI=1S/C24H30N2O5S/c1-16(23-14-17-3-4-18(23)13-17)26-32(28,29)22-11-5-19(6-12-22)25-24(27)15-31-21-9-7-20(30-2)8-10-21/h5-12,16-18,23,26H,3-4,13-15H2,1-2H3,(H,25,27). The molecule has 4 unspecified atom stereocenters. The molecular weight excluding hydrogens is 428 g/mol. The Morgan fingerprint density at radius 3 is 2.31 bits per heavy atom. The lowest BCUT2D eigenvalue weighted by molar-refractivity contribution is -0.118. The third-order valence-electron chi connectivity index (χ3n) is 6.65. The number of anilines is 1. The van der Waals surface area contributed by atoms with Gasteiger partial charge in [-0.15, -0.1) is 0 Å². The quantitative estimate of drug-likeness (QED) is 0.596. The van der Waals surface area contributed by atoms with E-state index in [0.29, 0.717) is 29.0 Å². The van der Waals surface area contributed by atoms with Crippen LogP contribution in [0.2, 0.25) is 0 Å². The van der Waals surface area contributed by atoms with Crippen molar-refractivity contribution >= 4 is 21.6 Å². The molecule has 0 heterocycles. The highest BCUT2D eigenvalue weighted by atomic mass is 32.2. The van der Waals surface area contributed by atoms with Crippen LogP contribution in [0.4, 0.5) is 5.69 Å². The molecule has 2 fully saturated rings. The summed E-state index contributed by atoms with van der Waals surface area (Å²) in [6, 6.07) is 13.0. The Labute approximate surface area is 189 Å². The van der Waals surface area contributed by atoms with Crippen LogP contribution in [-0.4, -0.2) is 34.1 Å². The summed E-state index contributed by atoms with van der Waals surface area (Å²) < 4.78 is 39.0. The van der Waals surface area contributed by atoms with Gasteiger partial charge in [-0.05, 0) is 92.5 Å². The van der Waals surface area contributed by atoms with Gasteiger partial charge in [0.05, 0.1) is 12.0 Å². The van der Waals surface area contributed by atoms with E-state index in [9.17, 15) is 13.2 Å². The molecule has 2 aromatic carbocycles. The van der Waals surface area contributed by atoms with Gasteiger partial charge in [-0.1, -0.05) is 6.42 Å². The van der Waals surface area contributed by atoms with Gasteiger partial charge in [0.25, 0.3) is 5.91 Å². The van der Waals surface area contributed by atoms with E-state index in [1.165, 1.54) is 31.4 Å². The van der Waals surface area contributed by atoms with E-state index < -0.39 is 10.0 Å². The maximum atomic E-state index is 12.8. The molecular formula is C24H30N2O5S. The normalized spacial score (nSPS) is 23.0. The molecule has 32 heavy (non-hydrogen) atoms. The fourth-order valence-electron chi connectivity index (χ4n) is 5.04. The second-order valence-corrected chi connectivity index (χ2v) is 10.5. The number of amides is 1. The number of nitrogens with one attached hydrogen (secondary N) is 2. The molecule has 2 aliphatic rings. The van der Waals surface area contributed by atoms with E-state index in [-0.39, 0.29) is 23.5 Å². The average Bonchev–Trinajstić information content (AvgIpc) is 3.42. The Morgan fingerprint density at radius 1 is 1.03 bits per heavy atom. The Kier molecular flexibility index (Phi) is 6.71. The number of sulfonamides is 1. The van der Waals surface area contributed by atoms with Crippen molar-refractivity contribution in [3.8, 4) is 11.5 Å². The summed E-state index contributed by atoms with van der Waals surface area (Å²) in [7, 11) is -2.03. The molecule has 172 valence electrons. The molecule has 0 aliphatic heterocycles. The number of carbonyl (C=O) groups is 1. The fourth-order valence-corrected chi connectivity index (χ4v) is 6.34. The van der Waals surface area contributed by atoms with Crippen LogP contribution in [-0.2, 0) is 14.8 Å². The van der Waals surface area contributed by atoms with Gasteiger partial charge >= 0.3 is 0 Å². The maximum Gasteiger partial charge on any atom is 0.262 e. The van der Waals surface area contributed by atoms with E-state index in [1.807, 2.05) is 6.92 Å². The van der Waals surface area contributed by atoms with Crippen LogP contribution in [0, 0.1) is 17.8 Å². The number of rotatable bonds is 9. The summed E-state index contributed by atoms with van der Waals surface area (Å²) in [6.07, 6.45) is 4.88. The van der Waals surface area contributed by atoms with E-state index in [4.69, 9.17) is 9.47 Å². The van der Waals surface area contributed by atoms with Gasteiger partial charge in [-0.2, -0.15) is 0 Å². The molecule has 2 aliphatic carbocycles. The number of hydrogen-bond donors (Lipinski definition) is 2. The zero-order chi connectivity index (χ0) is 22.7. The fraction of sp³-hybridized carbons (Fsp3) is 0.458. The SMILES string of the molecule is COc1ccc(OCC(=O)Nc2ccc(S(=O)(=O)NC(C)C3CC4CCC3C4)cc2)cc1. The lowest BCUT2D eigenvalue weighted by atomic mass is 9.84. The van der Waals surface area contributed by atoms with Crippen LogP contribution in [0.1, 0.15) is 32.6 Å². The minimum Gasteiger partial charge on any atom is -0.497 e. The van der Waals surface area contributed by atoms with Crippen molar-refractivity contribution in [1.82, 2.24) is 4.72 Å². The van der Waals surface area contributed by atoms with Gasteiger partial charge in [0.2, 0.25) is 10.0 Å². The predicted molar refractivity (Wildman–Crippen MR) is 122 cm³/mol. The summed E-state index contributed by atoms with van der Waals surface area (Å²) in [5.74, 6) is 2.77. The first-order valence-corrected chi connectivity index (χ1v) is 12.5. The monoisotopic (exact) mass is 458 g/mol. The summed E-state index contributed by atoms with van der Waals surface area (Å²) in [6.45, 7) is 1.81. The number of hydrogen-bond acceptors (Lipinski definition) is 5. The molecule has 2 bridgehead atoms. The van der Waals surface area contributed by atoms with Gasteiger partial charge in [-0.3, -0.25) is 4.79 Å². The summed E-state index contributed by atoms with van der Waals surface area (Å²) in [4.78, 5) is 12.3. The smallest absolute Gasteiger partial charge is 0.262 e. The second kappa shape index (κ2) is 9.50. The molecule has 8 heteroatoms. The lowest BCUT2D eigenvalue weighted by Crippen LogP contribution is -2.40. The van der Waals surface area contributed by atoms with Gasteiger partial charge in [-0.25, -0.2) is 13.1 Å². The highest BCUT2D eigenvalue weighted by molar-refractivity contribution is 7.89. The lowest BCUT2D eigenvalue weighted by Gasteiger charge is -2.28. The Morgan fingerprint density at radius 2 is 1.72 bits per heavy atom. The molecule has 2 N–H and O–H groups in total. The molecule has 2 aromatic rings. The molecule has 0 radical (unpaired) electrons. The minimum absolute atomic E-state index is 0.0789. The number of benzene rings is 2. The topological polar surface area (TPSA) is 93.7 Å². The zero-order valence-corrected chi connectivity index (χ0v) is 19.2. The van der Waals surface area contributed by atoms with Crippen LogP contribution in [0.5, 0.6) is 11.5 Å². The van der Waals surface area contributed by atoms with Gasteiger partial charge in [0.15, 0.2) is 6.61 Å². The van der Waals surface area contributed by atoms with E-state index in [2.05, 4.69) is 10.0 Å². The van der Waals surface area contributed by atoms with Crippen LogP contribution in [0.3, 0.4) is 0 Å². The Balaban J connectivity index is 1.29. The Hall–Kier alpha value is -2.58. The average molecular weight is 459 g/mol. The maximum absolute atomic E-state index is 12.8. The van der Waals surface area contributed by atoms with Crippen molar-refractivity contribution in [3.63, 3.8) is 0 Å². The summed E-state index contributed by atoms with van der Waals surface area (Å²) in [5, 5.41) is 2.71. The van der Waals surface area contributed by atoms with Crippen molar-refractivity contribution in [2.75, 3.05) is 19.0 Å². The van der Waals surface area contributed by atoms with Crippen LogP contribution < -0.4 is 19.5 Å². The van der Waals surface area contributed by atoms with Crippen molar-refractivity contribution < 1.29 is 22.7 Å². The first-order valence-electron chi connectivity index (χ1n) is 11.0.